The summed E-state index contributed by atoms with van der Waals surface area (Å²) in [6.45, 7) is 3.44. The van der Waals surface area contributed by atoms with Gasteiger partial charge in [0, 0.05) is 19.6 Å². The van der Waals surface area contributed by atoms with Gasteiger partial charge in [0.1, 0.15) is 0 Å². The third-order valence-electron chi connectivity index (χ3n) is 3.19. The fourth-order valence-corrected chi connectivity index (χ4v) is 2.32. The minimum Gasteiger partial charge on any atom is -0.387 e. The molecule has 1 atom stereocenters. The van der Waals surface area contributed by atoms with Crippen molar-refractivity contribution in [1.82, 2.24) is 4.98 Å². The number of hydrogen-bond donors (Lipinski definition) is 1. The number of aromatic nitrogens is 1. The lowest BCUT2D eigenvalue weighted by molar-refractivity contribution is 0.645. The molecular formula is C12H19N3. The van der Waals surface area contributed by atoms with E-state index >= 15 is 0 Å². The van der Waals surface area contributed by atoms with E-state index in [1.54, 1.807) is 0 Å². The van der Waals surface area contributed by atoms with E-state index in [4.69, 9.17) is 0 Å². The molecule has 1 aliphatic heterocycles. The molecule has 2 rings (SSSR count). The molecule has 0 amide bonds. The topological polar surface area (TPSA) is 28.2 Å². The summed E-state index contributed by atoms with van der Waals surface area (Å²) in [6, 6.07) is 2.89. The van der Waals surface area contributed by atoms with Gasteiger partial charge in [-0.2, -0.15) is 0 Å². The maximum absolute atomic E-state index is 4.26. The van der Waals surface area contributed by atoms with E-state index < -0.39 is 0 Å². The molecule has 1 aliphatic rings. The fraction of sp³-hybridized carbons (Fsp3) is 0.583. The molecular weight excluding hydrogens is 186 g/mol. The second kappa shape index (κ2) is 4.51. The molecule has 0 radical (unpaired) electrons. The maximum Gasteiger partial charge on any atom is 0.0575 e. The number of nitrogens with one attached hydrogen (secondary N) is 1. The first-order chi connectivity index (χ1) is 7.35. The Balaban J connectivity index is 2.20. The molecule has 0 aliphatic carbocycles. The van der Waals surface area contributed by atoms with E-state index in [0.29, 0.717) is 6.04 Å². The van der Waals surface area contributed by atoms with Gasteiger partial charge >= 0.3 is 0 Å². The van der Waals surface area contributed by atoms with Crippen molar-refractivity contribution in [2.75, 3.05) is 23.8 Å². The predicted octanol–water partition coefficient (Wildman–Crippen LogP) is 2.50. The van der Waals surface area contributed by atoms with Gasteiger partial charge in [0.05, 0.1) is 23.8 Å². The van der Waals surface area contributed by atoms with Gasteiger partial charge < -0.3 is 10.2 Å². The van der Waals surface area contributed by atoms with E-state index in [0.717, 1.165) is 5.69 Å². The normalized spacial score (nSPS) is 20.7. The van der Waals surface area contributed by atoms with Gasteiger partial charge in [-0.1, -0.05) is 6.92 Å². The molecule has 1 N–H and O–H groups in total. The van der Waals surface area contributed by atoms with E-state index in [1.165, 1.54) is 31.5 Å². The molecule has 0 spiro atoms. The third-order valence-corrected chi connectivity index (χ3v) is 3.19. The molecule has 1 aromatic rings. The molecule has 15 heavy (non-hydrogen) atoms. The van der Waals surface area contributed by atoms with E-state index in [-0.39, 0.29) is 0 Å². The first-order valence-corrected chi connectivity index (χ1v) is 5.74. The lowest BCUT2D eigenvalue weighted by Gasteiger charge is -2.25. The summed E-state index contributed by atoms with van der Waals surface area (Å²) < 4.78 is 0. The zero-order valence-corrected chi connectivity index (χ0v) is 9.53. The minimum absolute atomic E-state index is 0.707. The van der Waals surface area contributed by atoms with Crippen LogP contribution in [-0.4, -0.2) is 24.6 Å². The first-order valence-electron chi connectivity index (χ1n) is 5.74. The number of anilines is 2. The van der Waals surface area contributed by atoms with Crippen molar-refractivity contribution >= 4 is 11.4 Å². The molecule has 1 saturated heterocycles. The van der Waals surface area contributed by atoms with Crippen molar-refractivity contribution in [3.8, 4) is 0 Å². The van der Waals surface area contributed by atoms with Crippen LogP contribution in [0.4, 0.5) is 11.4 Å². The Morgan fingerprint density at radius 3 is 3.13 bits per heavy atom. The zero-order valence-electron chi connectivity index (χ0n) is 9.53. The lowest BCUT2D eigenvalue weighted by Crippen LogP contribution is -2.28. The smallest absolute Gasteiger partial charge is 0.0575 e. The highest BCUT2D eigenvalue weighted by Gasteiger charge is 2.23. The molecule has 0 bridgehead atoms. The van der Waals surface area contributed by atoms with Crippen molar-refractivity contribution in [3.05, 3.63) is 18.5 Å². The second-order valence-corrected chi connectivity index (χ2v) is 4.08. The van der Waals surface area contributed by atoms with Gasteiger partial charge in [-0.25, -0.2) is 0 Å². The minimum atomic E-state index is 0.707. The predicted molar refractivity (Wildman–Crippen MR) is 64.4 cm³/mol. The zero-order chi connectivity index (χ0) is 10.7. The molecule has 82 valence electrons. The third kappa shape index (κ3) is 2.06. The Labute approximate surface area is 91.5 Å². The Bertz CT molecular complexity index is 324. The number of rotatable bonds is 3. The summed E-state index contributed by atoms with van der Waals surface area (Å²) in [6.07, 6.45) is 7.68. The second-order valence-electron chi connectivity index (χ2n) is 4.08. The lowest BCUT2D eigenvalue weighted by atomic mass is 10.1. The van der Waals surface area contributed by atoms with E-state index in [9.17, 15) is 0 Å². The summed E-state index contributed by atoms with van der Waals surface area (Å²) in [7, 11) is 1.93. The fourth-order valence-electron chi connectivity index (χ4n) is 2.32. The van der Waals surface area contributed by atoms with Crippen molar-refractivity contribution in [1.29, 1.82) is 0 Å². The number of hydrogen-bond acceptors (Lipinski definition) is 3. The van der Waals surface area contributed by atoms with E-state index in [1.807, 2.05) is 19.4 Å². The molecule has 0 aromatic carbocycles. The van der Waals surface area contributed by atoms with Gasteiger partial charge in [0.15, 0.2) is 0 Å². The van der Waals surface area contributed by atoms with Gasteiger partial charge in [-0.15, -0.1) is 0 Å². The van der Waals surface area contributed by atoms with Gasteiger partial charge in [0.25, 0.3) is 0 Å². The summed E-state index contributed by atoms with van der Waals surface area (Å²) in [5.41, 5.74) is 2.35. The summed E-state index contributed by atoms with van der Waals surface area (Å²) in [4.78, 5) is 6.74. The van der Waals surface area contributed by atoms with Crippen LogP contribution in [0.15, 0.2) is 18.5 Å². The Morgan fingerprint density at radius 2 is 2.40 bits per heavy atom. The highest BCUT2D eigenvalue weighted by Crippen LogP contribution is 2.27. The SMILES string of the molecule is CCC1CCCN1c1cncc(NC)c1. The highest BCUT2D eigenvalue weighted by molar-refractivity contribution is 5.56. The molecule has 1 fully saturated rings. The van der Waals surface area contributed by atoms with Crippen LogP contribution in [-0.2, 0) is 0 Å². The van der Waals surface area contributed by atoms with Crippen LogP contribution in [0.3, 0.4) is 0 Å². The van der Waals surface area contributed by atoms with Crippen LogP contribution in [0.2, 0.25) is 0 Å². The quantitative estimate of drug-likeness (QED) is 0.821. The number of nitrogens with zero attached hydrogens (tertiary/aromatic N) is 2. The molecule has 3 nitrogen and oxygen atoms in total. The van der Waals surface area contributed by atoms with Crippen LogP contribution in [0.1, 0.15) is 26.2 Å². The first kappa shape index (κ1) is 10.3. The Morgan fingerprint density at radius 1 is 1.53 bits per heavy atom. The molecule has 3 heteroatoms. The van der Waals surface area contributed by atoms with Crippen molar-refractivity contribution in [3.63, 3.8) is 0 Å². The Hall–Kier alpha value is -1.25. The Kier molecular flexibility index (Phi) is 3.09. The largest absolute Gasteiger partial charge is 0.387 e. The van der Waals surface area contributed by atoms with Gasteiger partial charge in [-0.05, 0) is 25.3 Å². The molecule has 2 heterocycles. The van der Waals surface area contributed by atoms with Gasteiger partial charge in [0.2, 0.25) is 0 Å². The molecule has 1 unspecified atom stereocenters. The summed E-state index contributed by atoms with van der Waals surface area (Å²) in [5, 5.41) is 3.13. The van der Waals surface area contributed by atoms with Crippen LogP contribution in [0.5, 0.6) is 0 Å². The standard InChI is InChI=1S/C12H19N3/c1-3-11-5-4-6-15(11)12-7-10(13-2)8-14-9-12/h7-9,11,13H,3-6H2,1-2H3. The summed E-state index contributed by atoms with van der Waals surface area (Å²) >= 11 is 0. The van der Waals surface area contributed by atoms with Crippen LogP contribution >= 0.6 is 0 Å². The van der Waals surface area contributed by atoms with Crippen LogP contribution < -0.4 is 10.2 Å². The van der Waals surface area contributed by atoms with Crippen molar-refractivity contribution < 1.29 is 0 Å². The monoisotopic (exact) mass is 205 g/mol. The summed E-state index contributed by atoms with van der Waals surface area (Å²) in [5.74, 6) is 0. The average Bonchev–Trinajstić information content (AvgIpc) is 2.77. The maximum atomic E-state index is 4.26. The van der Waals surface area contributed by atoms with Crippen molar-refractivity contribution in [2.24, 2.45) is 0 Å². The van der Waals surface area contributed by atoms with Gasteiger partial charge in [-0.3, -0.25) is 4.98 Å². The van der Waals surface area contributed by atoms with E-state index in [2.05, 4.69) is 28.2 Å². The highest BCUT2D eigenvalue weighted by atomic mass is 15.2. The number of pyridine rings is 1. The average molecular weight is 205 g/mol. The molecule has 0 saturated carbocycles. The van der Waals surface area contributed by atoms with Crippen molar-refractivity contribution in [2.45, 2.75) is 32.2 Å². The molecule has 1 aromatic heterocycles. The van der Waals surface area contributed by atoms with Crippen LogP contribution in [0, 0.1) is 0 Å². The van der Waals surface area contributed by atoms with Crippen LogP contribution in [0.25, 0.3) is 0 Å².